The molecule has 0 amide bonds. The Morgan fingerprint density at radius 1 is 0.484 bits per heavy atom. The van der Waals surface area contributed by atoms with Crippen molar-refractivity contribution in [3.8, 4) is 80.3 Å². The predicted molar refractivity (Wildman–Crippen MR) is 249 cm³/mol. The van der Waals surface area contributed by atoms with Crippen molar-refractivity contribution in [1.82, 2.24) is 19.5 Å². The molecule has 0 radical (unpaired) electrons. The lowest BCUT2D eigenvalue weighted by Gasteiger charge is -2.22. The second-order valence-electron chi connectivity index (χ2n) is 15.2. The zero-order valence-corrected chi connectivity index (χ0v) is 33.7. The molecule has 8 aromatic carbocycles. The van der Waals surface area contributed by atoms with E-state index in [-0.39, 0.29) is 11.1 Å². The maximum Gasteiger partial charge on any atom is 0.188 e. The zero-order chi connectivity index (χ0) is 43.3. The van der Waals surface area contributed by atoms with Crippen LogP contribution in [-0.2, 0) is 0 Å². The molecule has 294 valence electrons. The Balaban J connectivity index is 1.33. The Hall–Kier alpha value is -9.67. The van der Waals surface area contributed by atoms with Gasteiger partial charge in [0.05, 0.1) is 58.0 Å². The van der Waals surface area contributed by atoms with Crippen LogP contribution in [0, 0.1) is 40.6 Å². The van der Waals surface area contributed by atoms with Crippen LogP contribution in [0.2, 0.25) is 0 Å². The molecule has 0 aliphatic heterocycles. The number of rotatable bonds is 6. The van der Waals surface area contributed by atoms with Crippen LogP contribution in [0.1, 0.15) is 16.7 Å². The quantitative estimate of drug-likeness (QED) is 0.153. The monoisotopic (exact) mass is 816 g/mol. The minimum atomic E-state index is 0.276. The zero-order valence-electron chi connectivity index (χ0n) is 33.7. The lowest BCUT2D eigenvalue weighted by Crippen LogP contribution is -2.05. The number of fused-ring (bicyclic) bond motifs is 7. The van der Waals surface area contributed by atoms with Crippen LogP contribution in [0.5, 0.6) is 0 Å². The molecule has 9 heteroatoms. The second-order valence-corrected chi connectivity index (χ2v) is 15.2. The molecule has 0 aliphatic rings. The number of nitriles is 3. The van der Waals surface area contributed by atoms with Gasteiger partial charge in [-0.3, -0.25) is 0 Å². The Bertz CT molecular complexity index is 3740. The summed E-state index contributed by atoms with van der Waals surface area (Å²) in [5.41, 5.74) is 9.53. The highest BCUT2D eigenvalue weighted by molar-refractivity contribution is 6.24. The first-order valence-electron chi connectivity index (χ1n) is 20.3. The van der Waals surface area contributed by atoms with Crippen LogP contribution in [-0.4, -0.2) is 19.5 Å². The number of hydrogen-bond acceptors (Lipinski definition) is 7. The molecule has 0 saturated carbocycles. The van der Waals surface area contributed by atoms with Gasteiger partial charge in [0.15, 0.2) is 23.2 Å². The SMILES string of the molecule is [C-]#[N+]c1ccc(-c2cc(-c3nc(-c4ccccc4)nc(-c4ccccc4)n3)cc(-c3ccc(C#N)cc3C#N)c2-n2c3ccccc3c3c4oc5ccccc5c4ccc32)c(C#N)c1. The van der Waals surface area contributed by atoms with E-state index in [0.717, 1.165) is 54.9 Å². The summed E-state index contributed by atoms with van der Waals surface area (Å²) >= 11 is 0. The molecular formula is C55H28N8O. The first-order valence-corrected chi connectivity index (χ1v) is 20.3. The molecule has 0 atom stereocenters. The summed E-state index contributed by atoms with van der Waals surface area (Å²) in [6.07, 6.45) is 0. The molecule has 0 bridgehead atoms. The summed E-state index contributed by atoms with van der Waals surface area (Å²) in [7, 11) is 0. The van der Waals surface area contributed by atoms with Crippen molar-refractivity contribution in [2.24, 2.45) is 0 Å². The van der Waals surface area contributed by atoms with Crippen LogP contribution in [0.25, 0.3) is 111 Å². The highest BCUT2D eigenvalue weighted by Gasteiger charge is 2.27. The van der Waals surface area contributed by atoms with Crippen molar-refractivity contribution in [2.45, 2.75) is 0 Å². The third-order valence-corrected chi connectivity index (χ3v) is 11.6. The standard InChI is InChI=1S/C55H28N8O/c1-59-39-21-23-41(38(27-39)32-58)46-29-36(55-61-53(34-12-4-2-5-13-34)60-54(62-55)35-14-6-3-7-15-35)28-45(40-22-20-33(30-56)26-37(40)31-57)51(46)63-47-18-10-8-17-44(47)50-48(63)25-24-43-42-16-9-11-19-49(42)64-52(43)50/h2-29H. The molecule has 0 unspecified atom stereocenters. The second kappa shape index (κ2) is 15.1. The van der Waals surface area contributed by atoms with E-state index in [4.69, 9.17) is 25.9 Å². The van der Waals surface area contributed by atoms with Crippen molar-refractivity contribution in [3.05, 3.63) is 198 Å². The van der Waals surface area contributed by atoms with Gasteiger partial charge >= 0.3 is 0 Å². The molecule has 64 heavy (non-hydrogen) atoms. The fourth-order valence-corrected chi connectivity index (χ4v) is 8.70. The van der Waals surface area contributed by atoms with Crippen LogP contribution < -0.4 is 0 Å². The first-order chi connectivity index (χ1) is 31.5. The van der Waals surface area contributed by atoms with Crippen LogP contribution >= 0.6 is 0 Å². The van der Waals surface area contributed by atoms with Gasteiger partial charge in [0.25, 0.3) is 0 Å². The van der Waals surface area contributed by atoms with Gasteiger partial charge in [0.2, 0.25) is 0 Å². The molecule has 0 aliphatic carbocycles. The lowest BCUT2D eigenvalue weighted by molar-refractivity contribution is 0.673. The smallest absolute Gasteiger partial charge is 0.188 e. The van der Waals surface area contributed by atoms with Gasteiger partial charge in [-0.05, 0) is 60.2 Å². The normalized spacial score (nSPS) is 11.1. The van der Waals surface area contributed by atoms with Crippen molar-refractivity contribution >= 4 is 49.4 Å². The molecular weight excluding hydrogens is 789 g/mol. The Morgan fingerprint density at radius 3 is 1.70 bits per heavy atom. The summed E-state index contributed by atoms with van der Waals surface area (Å²) in [6, 6.07) is 60.7. The van der Waals surface area contributed by atoms with Crippen LogP contribution in [0.15, 0.2) is 174 Å². The van der Waals surface area contributed by atoms with E-state index in [1.165, 1.54) is 0 Å². The Morgan fingerprint density at radius 2 is 1.06 bits per heavy atom. The van der Waals surface area contributed by atoms with E-state index in [0.29, 0.717) is 62.2 Å². The molecule has 0 saturated heterocycles. The molecule has 11 rings (SSSR count). The fourth-order valence-electron chi connectivity index (χ4n) is 8.70. The lowest BCUT2D eigenvalue weighted by atomic mass is 9.88. The summed E-state index contributed by atoms with van der Waals surface area (Å²) in [6.45, 7) is 7.81. The summed E-state index contributed by atoms with van der Waals surface area (Å²) in [5.74, 6) is 1.28. The topological polar surface area (TPSA) is 132 Å². The van der Waals surface area contributed by atoms with E-state index in [2.05, 4.69) is 51.9 Å². The van der Waals surface area contributed by atoms with Crippen LogP contribution in [0.3, 0.4) is 0 Å². The summed E-state index contributed by atoms with van der Waals surface area (Å²) in [5, 5.41) is 35.4. The number of furan rings is 1. The highest BCUT2D eigenvalue weighted by atomic mass is 16.3. The summed E-state index contributed by atoms with van der Waals surface area (Å²) < 4.78 is 8.83. The molecule has 11 aromatic rings. The highest BCUT2D eigenvalue weighted by Crippen LogP contribution is 2.47. The maximum absolute atomic E-state index is 10.8. The fraction of sp³-hybridized carbons (Fsp3) is 0. The van der Waals surface area contributed by atoms with Crippen molar-refractivity contribution < 1.29 is 4.42 Å². The number of aromatic nitrogens is 4. The van der Waals surface area contributed by atoms with Crippen molar-refractivity contribution in [3.63, 3.8) is 0 Å². The molecule has 0 fully saturated rings. The van der Waals surface area contributed by atoms with Gasteiger partial charge in [0.1, 0.15) is 11.2 Å². The third-order valence-electron chi connectivity index (χ3n) is 11.6. The average molecular weight is 817 g/mol. The number of benzene rings is 8. The van der Waals surface area contributed by atoms with Gasteiger partial charge in [-0.1, -0.05) is 115 Å². The number of hydrogen-bond donors (Lipinski definition) is 0. The van der Waals surface area contributed by atoms with Crippen LogP contribution in [0.4, 0.5) is 5.69 Å². The Kier molecular flexibility index (Phi) is 8.81. The third kappa shape index (κ3) is 6.02. The Labute approximate surface area is 366 Å². The van der Waals surface area contributed by atoms with Gasteiger partial charge in [-0.25, -0.2) is 19.8 Å². The van der Waals surface area contributed by atoms with Crippen molar-refractivity contribution in [1.29, 1.82) is 15.8 Å². The van der Waals surface area contributed by atoms with E-state index in [1.54, 1.807) is 36.4 Å². The summed E-state index contributed by atoms with van der Waals surface area (Å²) in [4.78, 5) is 18.8. The van der Waals surface area contributed by atoms with E-state index in [9.17, 15) is 15.8 Å². The van der Waals surface area contributed by atoms with Gasteiger partial charge < -0.3 is 8.98 Å². The average Bonchev–Trinajstić information content (AvgIpc) is 3.91. The van der Waals surface area contributed by atoms with Crippen molar-refractivity contribution in [2.75, 3.05) is 0 Å². The largest absolute Gasteiger partial charge is 0.455 e. The minimum absolute atomic E-state index is 0.276. The van der Waals surface area contributed by atoms with E-state index < -0.39 is 0 Å². The van der Waals surface area contributed by atoms with E-state index in [1.807, 2.05) is 109 Å². The molecule has 3 heterocycles. The number of para-hydroxylation sites is 2. The number of nitrogens with zero attached hydrogens (tertiary/aromatic N) is 8. The molecule has 0 N–H and O–H groups in total. The maximum atomic E-state index is 10.8. The van der Waals surface area contributed by atoms with Gasteiger partial charge in [-0.2, -0.15) is 15.8 Å². The predicted octanol–water partition coefficient (Wildman–Crippen LogP) is 13.4. The van der Waals surface area contributed by atoms with Gasteiger partial charge in [0, 0.05) is 55.1 Å². The van der Waals surface area contributed by atoms with Gasteiger partial charge in [-0.15, -0.1) is 0 Å². The molecule has 9 nitrogen and oxygen atoms in total. The van der Waals surface area contributed by atoms with E-state index >= 15 is 0 Å². The first kappa shape index (κ1) is 37.3. The molecule has 0 spiro atoms. The minimum Gasteiger partial charge on any atom is -0.455 e. The molecule has 3 aromatic heterocycles.